The summed E-state index contributed by atoms with van der Waals surface area (Å²) in [5, 5.41) is 13.7. The second-order valence-electron chi connectivity index (χ2n) is 4.29. The minimum atomic E-state index is -1.22. The number of benzene rings is 1. The van der Waals surface area contributed by atoms with Gasteiger partial charge < -0.3 is 15.7 Å². The minimum absolute atomic E-state index is 0.00801. The van der Waals surface area contributed by atoms with Gasteiger partial charge in [0.15, 0.2) is 0 Å². The molecule has 1 unspecified atom stereocenters. The molecule has 0 saturated heterocycles. The van der Waals surface area contributed by atoms with Crippen LogP contribution in [0.2, 0.25) is 0 Å². The second kappa shape index (κ2) is 6.72. The molecule has 2 amide bonds. The first-order valence-electron chi connectivity index (χ1n) is 6.04. The minimum Gasteiger partial charge on any atom is -0.478 e. The Morgan fingerprint density at radius 3 is 2.63 bits per heavy atom. The third kappa shape index (κ3) is 4.57. The van der Waals surface area contributed by atoms with Crippen LogP contribution in [0.4, 0.5) is 14.9 Å². The summed E-state index contributed by atoms with van der Waals surface area (Å²) in [4.78, 5) is 22.2. The van der Waals surface area contributed by atoms with Gasteiger partial charge in [-0.05, 0) is 31.5 Å². The number of carboxylic acid groups (broad SMARTS) is 1. The Kier molecular flexibility index (Phi) is 5.29. The Morgan fingerprint density at radius 2 is 2.11 bits per heavy atom. The van der Waals surface area contributed by atoms with Crippen molar-refractivity contribution in [3.8, 4) is 0 Å². The number of rotatable bonds is 5. The molecule has 6 heteroatoms. The number of nitrogens with one attached hydrogen (secondary N) is 2. The van der Waals surface area contributed by atoms with E-state index in [9.17, 15) is 14.0 Å². The topological polar surface area (TPSA) is 78.4 Å². The van der Waals surface area contributed by atoms with Crippen molar-refractivity contribution in [1.29, 1.82) is 0 Å². The van der Waals surface area contributed by atoms with Crippen LogP contribution in [0.15, 0.2) is 18.2 Å². The highest BCUT2D eigenvalue weighted by molar-refractivity contribution is 5.91. The van der Waals surface area contributed by atoms with E-state index in [1.54, 1.807) is 0 Å². The number of halogens is 1. The number of carbonyl (C=O) groups excluding carboxylic acids is 1. The number of hydrogen-bond donors (Lipinski definition) is 3. The average molecular weight is 268 g/mol. The van der Waals surface area contributed by atoms with Gasteiger partial charge in [-0.1, -0.05) is 13.3 Å². The zero-order chi connectivity index (χ0) is 14.4. The van der Waals surface area contributed by atoms with Crippen LogP contribution >= 0.6 is 0 Å². The highest BCUT2D eigenvalue weighted by Crippen LogP contribution is 2.15. The third-order valence-corrected chi connectivity index (χ3v) is 2.56. The predicted molar refractivity (Wildman–Crippen MR) is 69.9 cm³/mol. The van der Waals surface area contributed by atoms with Crippen LogP contribution < -0.4 is 10.6 Å². The molecule has 1 aromatic carbocycles. The molecular formula is C13H17FN2O3. The molecule has 3 N–H and O–H groups in total. The Balaban J connectivity index is 2.67. The van der Waals surface area contributed by atoms with Crippen molar-refractivity contribution < 1.29 is 19.1 Å². The summed E-state index contributed by atoms with van der Waals surface area (Å²) in [6.45, 7) is 3.85. The summed E-state index contributed by atoms with van der Waals surface area (Å²) in [5.74, 6) is -2.00. The highest BCUT2D eigenvalue weighted by Gasteiger charge is 2.11. The standard InChI is InChI=1S/C13H17FN2O3/c1-3-4-8(2)15-13(19)16-11-6-5-9(12(17)18)7-10(11)14/h5-8H,3-4H2,1-2H3,(H,17,18)(H2,15,16,19). The Hall–Kier alpha value is -2.11. The van der Waals surface area contributed by atoms with E-state index in [-0.39, 0.29) is 17.3 Å². The van der Waals surface area contributed by atoms with Gasteiger partial charge in [-0.25, -0.2) is 14.0 Å². The molecule has 0 heterocycles. The van der Waals surface area contributed by atoms with E-state index in [1.165, 1.54) is 12.1 Å². The van der Waals surface area contributed by atoms with Crippen LogP contribution in [-0.2, 0) is 0 Å². The zero-order valence-corrected chi connectivity index (χ0v) is 10.9. The SMILES string of the molecule is CCCC(C)NC(=O)Nc1ccc(C(=O)O)cc1F. The molecule has 1 aromatic rings. The number of anilines is 1. The molecule has 0 aliphatic rings. The van der Waals surface area contributed by atoms with Gasteiger partial charge in [0.2, 0.25) is 0 Å². The van der Waals surface area contributed by atoms with Crippen LogP contribution in [0.25, 0.3) is 0 Å². The second-order valence-corrected chi connectivity index (χ2v) is 4.29. The fourth-order valence-corrected chi connectivity index (χ4v) is 1.64. The molecule has 0 saturated carbocycles. The largest absolute Gasteiger partial charge is 0.478 e. The van der Waals surface area contributed by atoms with E-state index in [1.807, 2.05) is 13.8 Å². The van der Waals surface area contributed by atoms with E-state index in [2.05, 4.69) is 10.6 Å². The van der Waals surface area contributed by atoms with Crippen molar-refractivity contribution in [1.82, 2.24) is 5.32 Å². The van der Waals surface area contributed by atoms with Gasteiger partial charge in [-0.3, -0.25) is 0 Å². The van der Waals surface area contributed by atoms with Crippen molar-refractivity contribution in [3.63, 3.8) is 0 Å². The number of urea groups is 1. The van der Waals surface area contributed by atoms with Crippen molar-refractivity contribution >= 4 is 17.7 Å². The predicted octanol–water partition coefficient (Wildman–Crippen LogP) is 2.83. The molecule has 0 aromatic heterocycles. The number of amides is 2. The monoisotopic (exact) mass is 268 g/mol. The van der Waals surface area contributed by atoms with Gasteiger partial charge >= 0.3 is 12.0 Å². The lowest BCUT2D eigenvalue weighted by molar-refractivity contribution is 0.0696. The van der Waals surface area contributed by atoms with Gasteiger partial charge in [0.05, 0.1) is 11.3 Å². The molecule has 0 radical (unpaired) electrons. The van der Waals surface area contributed by atoms with Crippen LogP contribution in [0.5, 0.6) is 0 Å². The van der Waals surface area contributed by atoms with Gasteiger partial charge in [0.25, 0.3) is 0 Å². The highest BCUT2D eigenvalue weighted by atomic mass is 19.1. The molecular weight excluding hydrogens is 251 g/mol. The van der Waals surface area contributed by atoms with E-state index in [0.29, 0.717) is 0 Å². The Morgan fingerprint density at radius 1 is 1.42 bits per heavy atom. The Labute approximate surface area is 110 Å². The average Bonchev–Trinajstić information content (AvgIpc) is 2.31. The number of carbonyl (C=O) groups is 2. The lowest BCUT2D eigenvalue weighted by atomic mass is 10.2. The molecule has 1 atom stereocenters. The molecule has 5 nitrogen and oxygen atoms in total. The molecule has 0 aliphatic carbocycles. The first-order chi connectivity index (χ1) is 8.93. The lowest BCUT2D eigenvalue weighted by Crippen LogP contribution is -2.36. The first-order valence-corrected chi connectivity index (χ1v) is 6.04. The molecule has 1 rings (SSSR count). The summed E-state index contributed by atoms with van der Waals surface area (Å²) in [5.41, 5.74) is -0.214. The molecule has 0 bridgehead atoms. The summed E-state index contributed by atoms with van der Waals surface area (Å²) in [6, 6.07) is 2.81. The van der Waals surface area contributed by atoms with Crippen LogP contribution in [0, 0.1) is 5.82 Å². The maximum absolute atomic E-state index is 13.6. The normalized spacial score (nSPS) is 11.7. The van der Waals surface area contributed by atoms with Gasteiger partial charge in [-0.15, -0.1) is 0 Å². The van der Waals surface area contributed by atoms with Crippen molar-refractivity contribution in [2.24, 2.45) is 0 Å². The lowest BCUT2D eigenvalue weighted by Gasteiger charge is -2.14. The van der Waals surface area contributed by atoms with E-state index < -0.39 is 17.8 Å². The molecule has 0 aliphatic heterocycles. The third-order valence-electron chi connectivity index (χ3n) is 2.56. The quantitative estimate of drug-likeness (QED) is 0.768. The van der Waals surface area contributed by atoms with E-state index in [0.717, 1.165) is 18.9 Å². The van der Waals surface area contributed by atoms with Crippen LogP contribution in [0.3, 0.4) is 0 Å². The van der Waals surface area contributed by atoms with Gasteiger partial charge in [-0.2, -0.15) is 0 Å². The van der Waals surface area contributed by atoms with Crippen LogP contribution in [-0.4, -0.2) is 23.1 Å². The molecule has 0 fully saturated rings. The fourth-order valence-electron chi connectivity index (χ4n) is 1.64. The first kappa shape index (κ1) is 14.9. The maximum atomic E-state index is 13.6. The number of hydrogen-bond acceptors (Lipinski definition) is 2. The summed E-state index contributed by atoms with van der Waals surface area (Å²) >= 11 is 0. The zero-order valence-electron chi connectivity index (χ0n) is 10.9. The van der Waals surface area contributed by atoms with Crippen molar-refractivity contribution in [3.05, 3.63) is 29.6 Å². The van der Waals surface area contributed by atoms with E-state index in [4.69, 9.17) is 5.11 Å². The van der Waals surface area contributed by atoms with Crippen molar-refractivity contribution in [2.45, 2.75) is 32.7 Å². The Bertz CT molecular complexity index is 477. The summed E-state index contributed by atoms with van der Waals surface area (Å²) in [7, 11) is 0. The van der Waals surface area contributed by atoms with Crippen molar-refractivity contribution in [2.75, 3.05) is 5.32 Å². The maximum Gasteiger partial charge on any atom is 0.335 e. The van der Waals surface area contributed by atoms with Crippen LogP contribution in [0.1, 0.15) is 37.0 Å². The smallest absolute Gasteiger partial charge is 0.335 e. The molecule has 0 spiro atoms. The summed E-state index contributed by atoms with van der Waals surface area (Å²) in [6.07, 6.45) is 1.76. The molecule has 19 heavy (non-hydrogen) atoms. The number of carboxylic acids is 1. The number of aromatic carboxylic acids is 1. The van der Waals surface area contributed by atoms with Gasteiger partial charge in [0.1, 0.15) is 5.82 Å². The fraction of sp³-hybridized carbons (Fsp3) is 0.385. The molecule has 104 valence electrons. The summed E-state index contributed by atoms with van der Waals surface area (Å²) < 4.78 is 13.6. The van der Waals surface area contributed by atoms with E-state index >= 15 is 0 Å². The van der Waals surface area contributed by atoms with Gasteiger partial charge in [0, 0.05) is 6.04 Å².